The number of nitrogens with zero attached hydrogens (tertiary/aromatic N) is 5. The molecule has 0 radical (unpaired) electrons. The number of amides is 3. The van der Waals surface area contributed by atoms with E-state index in [1.165, 1.54) is 0 Å². The first-order valence-corrected chi connectivity index (χ1v) is 17.9. The Morgan fingerprint density at radius 2 is 1.51 bits per heavy atom. The summed E-state index contributed by atoms with van der Waals surface area (Å²) in [4.78, 5) is 58.6. The molecule has 2 aromatic heterocycles. The van der Waals surface area contributed by atoms with Crippen LogP contribution in [-0.4, -0.2) is 91.9 Å². The summed E-state index contributed by atoms with van der Waals surface area (Å²) in [5.74, 6) is -8.34. The van der Waals surface area contributed by atoms with E-state index < -0.39 is 67.3 Å². The van der Waals surface area contributed by atoms with Gasteiger partial charge in [0.2, 0.25) is 11.8 Å². The second-order valence-electron chi connectivity index (χ2n) is 14.7. The maximum Gasteiger partial charge on any atom is 0.432 e. The van der Waals surface area contributed by atoms with Crippen LogP contribution in [0.1, 0.15) is 58.7 Å². The number of ether oxygens (including phenoxy) is 1. The highest BCUT2D eigenvalue weighted by Crippen LogP contribution is 2.41. The number of benzene rings is 2. The number of aromatic nitrogens is 4. The van der Waals surface area contributed by atoms with Crippen molar-refractivity contribution in [1.82, 2.24) is 29.7 Å². The molecule has 16 heteroatoms. The van der Waals surface area contributed by atoms with E-state index >= 15 is 0 Å². The van der Waals surface area contributed by atoms with Gasteiger partial charge in [0.15, 0.2) is 0 Å². The Morgan fingerprint density at radius 1 is 0.964 bits per heavy atom. The molecule has 4 N–H and O–H groups in total. The van der Waals surface area contributed by atoms with Crippen molar-refractivity contribution in [1.29, 1.82) is 0 Å². The second kappa shape index (κ2) is 16.6. The third kappa shape index (κ3) is 10.0. The summed E-state index contributed by atoms with van der Waals surface area (Å²) in [6.07, 6.45) is 2.80. The Hall–Kier alpha value is -5.38. The van der Waals surface area contributed by atoms with Crippen molar-refractivity contribution in [3.8, 4) is 33.6 Å². The van der Waals surface area contributed by atoms with Crippen LogP contribution in [-0.2, 0) is 20.9 Å². The average molecular weight is 767 g/mol. The third-order valence-electron chi connectivity index (χ3n) is 9.46. The SMILES string of the molecule is COC(=O)/N=C\C(C(=O)N(Cc1ncc(-c2ccc(-c3ccc(-c4cnc([C@@H]5CC(F)(F)CN5C(=O)[C@@H](N)C(C)C)[nH]4)cc3)cc2)[nH]1)CC(C)(F)F)C(C)C. The summed E-state index contributed by atoms with van der Waals surface area (Å²) in [6, 6.07) is 13.3. The number of hydrogen-bond acceptors (Lipinski definition) is 7. The summed E-state index contributed by atoms with van der Waals surface area (Å²) >= 11 is 0. The van der Waals surface area contributed by atoms with Gasteiger partial charge in [-0.05, 0) is 34.1 Å². The lowest BCUT2D eigenvalue weighted by Gasteiger charge is -2.29. The van der Waals surface area contributed by atoms with E-state index in [1.807, 2.05) is 48.5 Å². The van der Waals surface area contributed by atoms with E-state index in [2.05, 4.69) is 29.7 Å². The van der Waals surface area contributed by atoms with Crippen molar-refractivity contribution in [3.63, 3.8) is 0 Å². The van der Waals surface area contributed by atoms with Crippen molar-refractivity contribution in [2.45, 2.75) is 71.5 Å². The fraction of sp³-hybridized carbons (Fsp3) is 0.436. The number of nitrogens with one attached hydrogen (secondary N) is 2. The Morgan fingerprint density at radius 3 is 2.04 bits per heavy atom. The number of H-pyrrole nitrogens is 2. The van der Waals surface area contributed by atoms with Crippen molar-refractivity contribution < 1.29 is 36.7 Å². The molecule has 2 aromatic carbocycles. The quantitative estimate of drug-likeness (QED) is 0.0964. The Kier molecular flexibility index (Phi) is 12.3. The van der Waals surface area contributed by atoms with E-state index in [0.717, 1.165) is 52.3 Å². The van der Waals surface area contributed by atoms with Crippen molar-refractivity contribution in [2.75, 3.05) is 20.2 Å². The fourth-order valence-corrected chi connectivity index (χ4v) is 6.35. The topological polar surface area (TPSA) is 163 Å². The molecule has 1 fully saturated rings. The highest BCUT2D eigenvalue weighted by molar-refractivity contribution is 5.96. The molecule has 0 bridgehead atoms. The van der Waals surface area contributed by atoms with Crippen LogP contribution in [0.4, 0.5) is 22.4 Å². The minimum absolute atomic E-state index is 0.208. The first kappa shape index (κ1) is 40.8. The highest BCUT2D eigenvalue weighted by Gasteiger charge is 2.49. The van der Waals surface area contributed by atoms with E-state index in [-0.39, 0.29) is 24.2 Å². The lowest BCUT2D eigenvalue weighted by molar-refractivity contribution is -0.140. The molecule has 0 spiro atoms. The van der Waals surface area contributed by atoms with Gasteiger partial charge >= 0.3 is 6.09 Å². The molecule has 3 atom stereocenters. The van der Waals surface area contributed by atoms with Crippen LogP contribution in [0, 0.1) is 17.8 Å². The second-order valence-corrected chi connectivity index (χ2v) is 14.7. The minimum Gasteiger partial charge on any atom is -0.451 e. The predicted molar refractivity (Wildman–Crippen MR) is 199 cm³/mol. The van der Waals surface area contributed by atoms with Crippen LogP contribution in [0.25, 0.3) is 33.6 Å². The molecule has 1 unspecified atom stereocenters. The van der Waals surface area contributed by atoms with Gasteiger partial charge in [0, 0.05) is 19.6 Å². The number of imidazole rings is 2. The number of rotatable bonds is 13. The zero-order valence-electron chi connectivity index (χ0n) is 31.5. The number of nitrogens with two attached hydrogens (primary N) is 1. The molecular weight excluding hydrogens is 720 g/mol. The van der Waals surface area contributed by atoms with E-state index in [4.69, 9.17) is 5.73 Å². The molecule has 0 aliphatic carbocycles. The van der Waals surface area contributed by atoms with Gasteiger partial charge in [0.05, 0.1) is 68.5 Å². The predicted octanol–water partition coefficient (Wildman–Crippen LogP) is 7.12. The summed E-state index contributed by atoms with van der Waals surface area (Å²) in [6.45, 7) is 5.91. The van der Waals surface area contributed by atoms with Crippen LogP contribution in [0.15, 0.2) is 65.9 Å². The number of alkyl halides is 4. The molecule has 55 heavy (non-hydrogen) atoms. The number of carbonyl (C=O) groups is 3. The summed E-state index contributed by atoms with van der Waals surface area (Å²) in [7, 11) is 1.15. The van der Waals surface area contributed by atoms with Gasteiger partial charge in [0.1, 0.15) is 11.6 Å². The fourth-order valence-electron chi connectivity index (χ4n) is 6.35. The summed E-state index contributed by atoms with van der Waals surface area (Å²) in [5.41, 5.74) is 10.6. The van der Waals surface area contributed by atoms with Crippen LogP contribution in [0.3, 0.4) is 0 Å². The summed E-state index contributed by atoms with van der Waals surface area (Å²) < 4.78 is 61.9. The van der Waals surface area contributed by atoms with Crippen LogP contribution < -0.4 is 5.73 Å². The lowest BCUT2D eigenvalue weighted by Crippen LogP contribution is -2.47. The zero-order chi connectivity index (χ0) is 40.2. The van der Waals surface area contributed by atoms with Crippen molar-refractivity contribution >= 4 is 24.1 Å². The molecule has 294 valence electrons. The monoisotopic (exact) mass is 766 g/mol. The van der Waals surface area contributed by atoms with Gasteiger partial charge in [-0.1, -0.05) is 76.2 Å². The number of aliphatic imine (C=N–C) groups is 1. The first-order valence-electron chi connectivity index (χ1n) is 17.9. The van der Waals surface area contributed by atoms with Crippen molar-refractivity contribution in [2.24, 2.45) is 28.5 Å². The molecule has 4 aromatic rings. The zero-order valence-corrected chi connectivity index (χ0v) is 31.5. The number of methoxy groups -OCH3 is 1. The number of hydrogen-bond donors (Lipinski definition) is 3. The first-order chi connectivity index (χ1) is 25.9. The van der Waals surface area contributed by atoms with Crippen molar-refractivity contribution in [3.05, 3.63) is 72.6 Å². The maximum absolute atomic E-state index is 14.5. The highest BCUT2D eigenvalue weighted by atomic mass is 19.3. The Balaban J connectivity index is 1.27. The van der Waals surface area contributed by atoms with Gasteiger partial charge in [-0.3, -0.25) is 9.59 Å². The standard InChI is InChI=1S/C39H46F4N8O4/c1-22(2)28(16-47-37(54)55-6)35(52)50(20-38(5,40)41)19-32-45-17-29(48-32)26-11-7-24(8-12-26)25-9-13-27(14-10-25)30-18-46-34(49-30)31-15-39(42,43)21-51(31)36(53)33(44)23(3)4/h7-14,16-18,22-23,28,31,33H,15,19-21,44H2,1-6H3,(H,45,48)(H,46,49)/b47-16-/t28?,31-,33-/m0/s1. The number of likely N-dealkylation sites (tertiary alicyclic amines) is 1. The molecule has 1 aliphatic rings. The number of halogens is 4. The van der Waals surface area contributed by atoms with Gasteiger partial charge in [-0.25, -0.2) is 32.3 Å². The van der Waals surface area contributed by atoms with Gasteiger partial charge < -0.3 is 30.2 Å². The molecule has 1 saturated heterocycles. The molecular formula is C39H46F4N8O4. The maximum atomic E-state index is 14.5. The molecule has 5 rings (SSSR count). The number of aromatic amines is 2. The van der Waals surface area contributed by atoms with Gasteiger partial charge in [-0.2, -0.15) is 4.99 Å². The Labute approximate surface area is 316 Å². The Bertz CT molecular complexity index is 1990. The molecule has 12 nitrogen and oxygen atoms in total. The van der Waals surface area contributed by atoms with E-state index in [1.54, 1.807) is 40.1 Å². The van der Waals surface area contributed by atoms with E-state index in [0.29, 0.717) is 17.2 Å². The molecule has 3 heterocycles. The van der Waals surface area contributed by atoms with Crippen LogP contribution in [0.5, 0.6) is 0 Å². The van der Waals surface area contributed by atoms with Crippen LogP contribution >= 0.6 is 0 Å². The lowest BCUT2D eigenvalue weighted by atomic mass is 9.95. The van der Waals surface area contributed by atoms with Gasteiger partial charge in [0.25, 0.3) is 11.8 Å². The largest absolute Gasteiger partial charge is 0.451 e. The van der Waals surface area contributed by atoms with Gasteiger partial charge in [-0.15, -0.1) is 0 Å². The molecule has 1 aliphatic heterocycles. The normalized spacial score (nSPS) is 16.9. The average Bonchev–Trinajstić information content (AvgIpc) is 3.89. The third-order valence-corrected chi connectivity index (χ3v) is 9.46. The minimum atomic E-state index is -3.19. The smallest absolute Gasteiger partial charge is 0.432 e. The summed E-state index contributed by atoms with van der Waals surface area (Å²) in [5, 5.41) is 0. The van der Waals surface area contributed by atoms with E-state index in [9.17, 15) is 31.9 Å². The molecule has 0 saturated carbocycles. The van der Waals surface area contributed by atoms with Crippen LogP contribution in [0.2, 0.25) is 0 Å². The number of carbonyl (C=O) groups excluding carboxylic acids is 3. The molecule has 3 amide bonds.